The summed E-state index contributed by atoms with van der Waals surface area (Å²) in [6.07, 6.45) is 4.72. The molecule has 0 aromatic heterocycles. The molecule has 20 heavy (non-hydrogen) atoms. The second-order valence-corrected chi connectivity index (χ2v) is 5.51. The third kappa shape index (κ3) is 4.23. The second-order valence-electron chi connectivity index (χ2n) is 5.51. The first-order valence-electron chi connectivity index (χ1n) is 7.34. The minimum absolute atomic E-state index is 0.126. The van der Waals surface area contributed by atoms with Gasteiger partial charge in [-0.3, -0.25) is 4.79 Å². The Labute approximate surface area is 120 Å². The Morgan fingerprint density at radius 1 is 1.35 bits per heavy atom. The average molecular weight is 276 g/mol. The zero-order chi connectivity index (χ0) is 14.4. The molecule has 110 valence electrons. The third-order valence-electron chi connectivity index (χ3n) is 4.06. The molecule has 0 spiro atoms. The predicted octanol–water partition coefficient (Wildman–Crippen LogP) is 1.87. The van der Waals surface area contributed by atoms with Crippen molar-refractivity contribution in [3.63, 3.8) is 0 Å². The van der Waals surface area contributed by atoms with E-state index in [0.29, 0.717) is 18.9 Å². The molecule has 1 aromatic rings. The van der Waals surface area contributed by atoms with Crippen LogP contribution in [-0.4, -0.2) is 25.6 Å². The van der Waals surface area contributed by atoms with Gasteiger partial charge in [-0.2, -0.15) is 0 Å². The molecule has 0 bridgehead atoms. The van der Waals surface area contributed by atoms with Gasteiger partial charge in [0.25, 0.3) is 0 Å². The van der Waals surface area contributed by atoms with Crippen molar-refractivity contribution >= 4 is 5.91 Å². The maximum Gasteiger partial charge on any atom is 0.220 e. The van der Waals surface area contributed by atoms with Crippen LogP contribution in [0.3, 0.4) is 0 Å². The summed E-state index contributed by atoms with van der Waals surface area (Å²) in [6, 6.07) is 8.14. The number of carbonyl (C=O) groups excluding carboxylic acids is 1. The molecule has 1 amide bonds. The van der Waals surface area contributed by atoms with Gasteiger partial charge in [0.15, 0.2) is 0 Å². The minimum Gasteiger partial charge on any atom is -0.497 e. The fraction of sp³-hybridized carbons (Fsp3) is 0.562. The Balaban J connectivity index is 1.68. The third-order valence-corrected chi connectivity index (χ3v) is 4.06. The first-order chi connectivity index (χ1) is 9.69. The van der Waals surface area contributed by atoms with E-state index >= 15 is 0 Å². The van der Waals surface area contributed by atoms with Gasteiger partial charge in [-0.15, -0.1) is 0 Å². The lowest BCUT2D eigenvalue weighted by Gasteiger charge is -2.14. The number of amides is 1. The standard InChI is InChI=1S/C16H24N2O2/c1-20-14-7-5-12(6-8-14)9-10-18-16(19)11-13-3-2-4-15(13)17/h5-8,13,15H,2-4,9-11,17H2,1H3,(H,18,19)/t13-,15+/m0/s1. The van der Waals surface area contributed by atoms with Crippen LogP contribution in [0, 0.1) is 5.92 Å². The van der Waals surface area contributed by atoms with Gasteiger partial charge in [0.05, 0.1) is 7.11 Å². The largest absolute Gasteiger partial charge is 0.497 e. The number of benzene rings is 1. The van der Waals surface area contributed by atoms with Crippen molar-refractivity contribution in [2.75, 3.05) is 13.7 Å². The lowest BCUT2D eigenvalue weighted by Crippen LogP contribution is -2.32. The summed E-state index contributed by atoms with van der Waals surface area (Å²) in [5.41, 5.74) is 7.18. The van der Waals surface area contributed by atoms with Gasteiger partial charge in [0.2, 0.25) is 5.91 Å². The Kier molecular flexibility index (Phi) is 5.41. The normalized spacial score (nSPS) is 21.7. The maximum absolute atomic E-state index is 11.8. The Morgan fingerprint density at radius 3 is 2.70 bits per heavy atom. The first-order valence-corrected chi connectivity index (χ1v) is 7.34. The molecule has 4 nitrogen and oxygen atoms in total. The van der Waals surface area contributed by atoms with Gasteiger partial charge in [-0.1, -0.05) is 18.6 Å². The molecule has 0 radical (unpaired) electrons. The van der Waals surface area contributed by atoms with E-state index in [1.807, 2.05) is 24.3 Å². The van der Waals surface area contributed by atoms with Crippen molar-refractivity contribution < 1.29 is 9.53 Å². The molecule has 0 unspecified atom stereocenters. The fourth-order valence-electron chi connectivity index (χ4n) is 2.77. The van der Waals surface area contributed by atoms with E-state index in [0.717, 1.165) is 31.4 Å². The van der Waals surface area contributed by atoms with Crippen LogP contribution in [0.25, 0.3) is 0 Å². The van der Waals surface area contributed by atoms with Crippen molar-refractivity contribution in [2.24, 2.45) is 11.7 Å². The molecule has 1 aromatic carbocycles. The Morgan fingerprint density at radius 2 is 2.10 bits per heavy atom. The average Bonchev–Trinajstić information content (AvgIpc) is 2.85. The molecular formula is C16H24N2O2. The second kappa shape index (κ2) is 7.29. The van der Waals surface area contributed by atoms with Gasteiger partial charge in [-0.05, 0) is 42.9 Å². The molecule has 3 N–H and O–H groups in total. The monoisotopic (exact) mass is 276 g/mol. The van der Waals surface area contributed by atoms with Crippen LogP contribution in [0.5, 0.6) is 5.75 Å². The molecule has 2 rings (SSSR count). The summed E-state index contributed by atoms with van der Waals surface area (Å²) in [5.74, 6) is 1.35. The molecule has 2 atom stereocenters. The van der Waals surface area contributed by atoms with Crippen LogP contribution >= 0.6 is 0 Å². The first kappa shape index (κ1) is 14.9. The van der Waals surface area contributed by atoms with Crippen LogP contribution in [0.15, 0.2) is 24.3 Å². The fourth-order valence-corrected chi connectivity index (χ4v) is 2.77. The van der Waals surface area contributed by atoms with Crippen LogP contribution in [0.1, 0.15) is 31.2 Å². The van der Waals surface area contributed by atoms with Crippen molar-refractivity contribution in [3.8, 4) is 5.75 Å². The summed E-state index contributed by atoms with van der Waals surface area (Å²) in [6.45, 7) is 0.674. The molecular weight excluding hydrogens is 252 g/mol. The molecule has 1 fully saturated rings. The van der Waals surface area contributed by atoms with Gasteiger partial charge in [-0.25, -0.2) is 0 Å². The summed E-state index contributed by atoms with van der Waals surface area (Å²) < 4.78 is 5.11. The van der Waals surface area contributed by atoms with Crippen LogP contribution in [0.4, 0.5) is 0 Å². The number of methoxy groups -OCH3 is 1. The Hall–Kier alpha value is -1.55. The Bertz CT molecular complexity index is 431. The van der Waals surface area contributed by atoms with Crippen LogP contribution in [-0.2, 0) is 11.2 Å². The zero-order valence-corrected chi connectivity index (χ0v) is 12.1. The van der Waals surface area contributed by atoms with E-state index in [9.17, 15) is 4.79 Å². The summed E-state index contributed by atoms with van der Waals surface area (Å²) in [7, 11) is 1.66. The predicted molar refractivity (Wildman–Crippen MR) is 79.6 cm³/mol. The molecule has 0 heterocycles. The minimum atomic E-state index is 0.126. The number of hydrogen-bond donors (Lipinski definition) is 2. The molecule has 0 saturated heterocycles. The number of nitrogens with one attached hydrogen (secondary N) is 1. The van der Waals surface area contributed by atoms with Crippen LogP contribution in [0.2, 0.25) is 0 Å². The maximum atomic E-state index is 11.8. The lowest BCUT2D eigenvalue weighted by molar-refractivity contribution is -0.122. The number of carbonyl (C=O) groups is 1. The van der Waals surface area contributed by atoms with Crippen molar-refractivity contribution in [1.29, 1.82) is 0 Å². The van der Waals surface area contributed by atoms with Gasteiger partial charge in [0, 0.05) is 19.0 Å². The molecule has 0 aliphatic heterocycles. The highest BCUT2D eigenvalue weighted by atomic mass is 16.5. The summed E-state index contributed by atoms with van der Waals surface area (Å²) in [4.78, 5) is 11.8. The smallest absolute Gasteiger partial charge is 0.220 e. The van der Waals surface area contributed by atoms with Crippen molar-refractivity contribution in [3.05, 3.63) is 29.8 Å². The number of hydrogen-bond acceptors (Lipinski definition) is 3. The van der Waals surface area contributed by atoms with E-state index in [1.165, 1.54) is 5.56 Å². The van der Waals surface area contributed by atoms with Gasteiger partial charge in [0.1, 0.15) is 5.75 Å². The highest BCUT2D eigenvalue weighted by molar-refractivity contribution is 5.76. The molecule has 1 aliphatic carbocycles. The molecule has 1 saturated carbocycles. The van der Waals surface area contributed by atoms with Gasteiger partial charge >= 0.3 is 0 Å². The highest BCUT2D eigenvalue weighted by Gasteiger charge is 2.25. The number of nitrogens with two attached hydrogens (primary N) is 1. The van der Waals surface area contributed by atoms with E-state index in [4.69, 9.17) is 10.5 Å². The molecule has 1 aliphatic rings. The van der Waals surface area contributed by atoms with Crippen molar-refractivity contribution in [1.82, 2.24) is 5.32 Å². The lowest BCUT2D eigenvalue weighted by atomic mass is 10.00. The SMILES string of the molecule is COc1ccc(CCNC(=O)C[C@@H]2CCC[C@H]2N)cc1. The van der Waals surface area contributed by atoms with E-state index < -0.39 is 0 Å². The van der Waals surface area contributed by atoms with Crippen molar-refractivity contribution in [2.45, 2.75) is 38.1 Å². The van der Waals surface area contributed by atoms with E-state index in [-0.39, 0.29) is 11.9 Å². The number of rotatable bonds is 6. The van der Waals surface area contributed by atoms with E-state index in [1.54, 1.807) is 7.11 Å². The zero-order valence-electron chi connectivity index (χ0n) is 12.1. The topological polar surface area (TPSA) is 64.3 Å². The summed E-state index contributed by atoms with van der Waals surface area (Å²) in [5, 5.41) is 2.98. The van der Waals surface area contributed by atoms with E-state index in [2.05, 4.69) is 5.32 Å². The summed E-state index contributed by atoms with van der Waals surface area (Å²) >= 11 is 0. The van der Waals surface area contributed by atoms with Crippen LogP contribution < -0.4 is 15.8 Å². The molecule has 4 heteroatoms. The quantitative estimate of drug-likeness (QED) is 0.833. The highest BCUT2D eigenvalue weighted by Crippen LogP contribution is 2.26. The number of ether oxygens (including phenoxy) is 1. The van der Waals surface area contributed by atoms with Gasteiger partial charge < -0.3 is 15.8 Å².